The largest absolute Gasteiger partial charge is 0.356 e. The lowest BCUT2D eigenvalue weighted by atomic mass is 10.0. The van der Waals surface area contributed by atoms with E-state index in [2.05, 4.69) is 10.6 Å². The summed E-state index contributed by atoms with van der Waals surface area (Å²) in [6, 6.07) is 9.29. The van der Waals surface area contributed by atoms with Gasteiger partial charge in [0.2, 0.25) is 11.8 Å². The number of hydrogen-bond acceptors (Lipinski definition) is 3. The van der Waals surface area contributed by atoms with Gasteiger partial charge in [-0.3, -0.25) is 9.59 Å². The summed E-state index contributed by atoms with van der Waals surface area (Å²) in [5, 5.41) is 10.4. The Hall–Kier alpha value is -1.85. The van der Waals surface area contributed by atoms with Gasteiger partial charge in [-0.25, -0.2) is 0 Å². The summed E-state index contributed by atoms with van der Waals surface area (Å²) in [4.78, 5) is 23.0. The fraction of sp³-hybridized carbons (Fsp3) is 0.294. The van der Waals surface area contributed by atoms with Crippen LogP contribution in [-0.2, 0) is 9.59 Å². The Morgan fingerprint density at radius 1 is 1.17 bits per heavy atom. The van der Waals surface area contributed by atoms with Gasteiger partial charge in [-0.15, -0.1) is 0 Å². The molecule has 0 bridgehead atoms. The van der Waals surface area contributed by atoms with Crippen LogP contribution in [0.4, 0.5) is 0 Å². The smallest absolute Gasteiger partial charge is 0.220 e. The molecular formula is C17H19ClN2O2S. The number of halogens is 1. The summed E-state index contributed by atoms with van der Waals surface area (Å²) in [6.45, 7) is 1.97. The lowest BCUT2D eigenvalue weighted by Gasteiger charge is -2.18. The molecule has 2 amide bonds. The maximum Gasteiger partial charge on any atom is 0.220 e. The molecule has 0 saturated carbocycles. The normalized spacial score (nSPS) is 11.7. The highest BCUT2D eigenvalue weighted by Crippen LogP contribution is 2.25. The maximum absolute atomic E-state index is 12.2. The van der Waals surface area contributed by atoms with Crippen LogP contribution in [0.1, 0.15) is 36.9 Å². The van der Waals surface area contributed by atoms with Gasteiger partial charge in [-0.1, -0.05) is 23.7 Å². The molecule has 122 valence electrons. The SMILES string of the molecule is CC(=O)NCCCC(=O)N[C@@H](c1ccc(Cl)cc1)c1ccsc1. The molecule has 2 rings (SSSR count). The summed E-state index contributed by atoms with van der Waals surface area (Å²) in [5.74, 6) is -0.121. The van der Waals surface area contributed by atoms with Gasteiger partial charge < -0.3 is 10.6 Å². The minimum absolute atomic E-state index is 0.0403. The van der Waals surface area contributed by atoms with Crippen molar-refractivity contribution >= 4 is 34.8 Å². The molecule has 0 unspecified atom stereocenters. The average molecular weight is 351 g/mol. The second-order valence-electron chi connectivity index (χ2n) is 5.20. The zero-order valence-electron chi connectivity index (χ0n) is 12.8. The van der Waals surface area contributed by atoms with Crippen LogP contribution < -0.4 is 10.6 Å². The quantitative estimate of drug-likeness (QED) is 0.750. The first-order chi connectivity index (χ1) is 11.1. The fourth-order valence-corrected chi connectivity index (χ4v) is 3.01. The molecule has 1 aromatic carbocycles. The van der Waals surface area contributed by atoms with Crippen molar-refractivity contribution in [3.05, 3.63) is 57.2 Å². The number of benzene rings is 1. The van der Waals surface area contributed by atoms with Gasteiger partial charge in [0.1, 0.15) is 0 Å². The molecule has 6 heteroatoms. The van der Waals surface area contributed by atoms with Crippen LogP contribution in [-0.4, -0.2) is 18.4 Å². The van der Waals surface area contributed by atoms with Gasteiger partial charge in [0.15, 0.2) is 0 Å². The number of amides is 2. The minimum Gasteiger partial charge on any atom is -0.356 e. The van der Waals surface area contributed by atoms with Crippen LogP contribution in [0.5, 0.6) is 0 Å². The van der Waals surface area contributed by atoms with Gasteiger partial charge >= 0.3 is 0 Å². The fourth-order valence-electron chi connectivity index (χ4n) is 2.20. The van der Waals surface area contributed by atoms with Crippen LogP contribution in [0.25, 0.3) is 0 Å². The number of nitrogens with one attached hydrogen (secondary N) is 2. The van der Waals surface area contributed by atoms with Crippen molar-refractivity contribution in [2.45, 2.75) is 25.8 Å². The van der Waals surface area contributed by atoms with Gasteiger partial charge in [-0.2, -0.15) is 11.3 Å². The highest BCUT2D eigenvalue weighted by atomic mass is 35.5. The number of carbonyl (C=O) groups is 2. The standard InChI is InChI=1S/C17H19ClN2O2S/c1-12(21)19-9-2-3-16(22)20-17(14-8-10-23-11-14)13-4-6-15(18)7-5-13/h4-8,10-11,17H,2-3,9H2,1H3,(H,19,21)(H,20,22)/t17-/m0/s1. The molecule has 23 heavy (non-hydrogen) atoms. The van der Waals surface area contributed by atoms with Crippen molar-refractivity contribution in [2.75, 3.05) is 6.54 Å². The number of rotatable bonds is 7. The highest BCUT2D eigenvalue weighted by Gasteiger charge is 2.17. The molecule has 0 aliphatic carbocycles. The van der Waals surface area contributed by atoms with Crippen molar-refractivity contribution < 1.29 is 9.59 Å². The van der Waals surface area contributed by atoms with E-state index in [1.54, 1.807) is 11.3 Å². The van der Waals surface area contributed by atoms with Gasteiger partial charge in [0.25, 0.3) is 0 Å². The first-order valence-corrected chi connectivity index (χ1v) is 8.69. The molecule has 0 aliphatic heterocycles. The van der Waals surface area contributed by atoms with Gasteiger partial charge in [-0.05, 0) is 46.5 Å². The van der Waals surface area contributed by atoms with E-state index in [9.17, 15) is 9.59 Å². The van der Waals surface area contributed by atoms with Crippen LogP contribution in [0.3, 0.4) is 0 Å². The first-order valence-electron chi connectivity index (χ1n) is 7.37. The lowest BCUT2D eigenvalue weighted by molar-refractivity contribution is -0.122. The zero-order chi connectivity index (χ0) is 16.7. The van der Waals surface area contributed by atoms with Crippen LogP contribution in [0.2, 0.25) is 5.02 Å². The Kier molecular flexibility index (Phi) is 6.62. The monoisotopic (exact) mass is 350 g/mol. The van der Waals surface area contributed by atoms with Crippen LogP contribution in [0, 0.1) is 0 Å². The molecule has 0 fully saturated rings. The summed E-state index contributed by atoms with van der Waals surface area (Å²) in [7, 11) is 0. The second-order valence-corrected chi connectivity index (χ2v) is 6.41. The van der Waals surface area contributed by atoms with E-state index < -0.39 is 0 Å². The van der Waals surface area contributed by atoms with Crippen molar-refractivity contribution in [1.29, 1.82) is 0 Å². The topological polar surface area (TPSA) is 58.2 Å². The predicted molar refractivity (Wildman–Crippen MR) is 93.7 cm³/mol. The zero-order valence-corrected chi connectivity index (χ0v) is 14.4. The van der Waals surface area contributed by atoms with E-state index in [1.807, 2.05) is 41.1 Å². The average Bonchev–Trinajstić information content (AvgIpc) is 3.04. The number of carbonyl (C=O) groups excluding carboxylic acids is 2. The molecule has 1 heterocycles. The Bertz CT molecular complexity index is 641. The molecule has 4 nitrogen and oxygen atoms in total. The van der Waals surface area contributed by atoms with E-state index in [0.29, 0.717) is 24.4 Å². The van der Waals surface area contributed by atoms with Crippen LogP contribution in [0.15, 0.2) is 41.1 Å². The Morgan fingerprint density at radius 2 is 1.91 bits per heavy atom. The molecular weight excluding hydrogens is 332 g/mol. The highest BCUT2D eigenvalue weighted by molar-refractivity contribution is 7.08. The molecule has 0 radical (unpaired) electrons. The van der Waals surface area contributed by atoms with E-state index >= 15 is 0 Å². The number of thiophene rings is 1. The predicted octanol–water partition coefficient (Wildman–Crippen LogP) is 3.52. The molecule has 2 aromatic rings. The second kappa shape index (κ2) is 8.70. The van der Waals surface area contributed by atoms with E-state index in [-0.39, 0.29) is 17.9 Å². The van der Waals surface area contributed by atoms with Crippen molar-refractivity contribution in [1.82, 2.24) is 10.6 Å². The first kappa shape index (κ1) is 17.5. The van der Waals surface area contributed by atoms with Crippen molar-refractivity contribution in [2.24, 2.45) is 0 Å². The molecule has 0 saturated heterocycles. The van der Waals surface area contributed by atoms with E-state index in [4.69, 9.17) is 11.6 Å². The Morgan fingerprint density at radius 3 is 2.52 bits per heavy atom. The third kappa shape index (κ3) is 5.69. The molecule has 0 aliphatic rings. The summed E-state index contributed by atoms with van der Waals surface area (Å²) in [6.07, 6.45) is 0.983. The minimum atomic E-state index is -0.188. The van der Waals surface area contributed by atoms with Crippen LogP contribution >= 0.6 is 22.9 Å². The molecule has 1 aromatic heterocycles. The third-order valence-corrected chi connectivity index (χ3v) is 4.29. The third-order valence-electron chi connectivity index (χ3n) is 3.34. The summed E-state index contributed by atoms with van der Waals surface area (Å²) >= 11 is 7.53. The lowest BCUT2D eigenvalue weighted by Crippen LogP contribution is -2.30. The van der Waals surface area contributed by atoms with Crippen molar-refractivity contribution in [3.8, 4) is 0 Å². The summed E-state index contributed by atoms with van der Waals surface area (Å²) in [5.41, 5.74) is 2.04. The molecule has 0 spiro atoms. The summed E-state index contributed by atoms with van der Waals surface area (Å²) < 4.78 is 0. The van der Waals surface area contributed by atoms with E-state index in [0.717, 1.165) is 11.1 Å². The molecule has 1 atom stereocenters. The van der Waals surface area contributed by atoms with E-state index in [1.165, 1.54) is 6.92 Å². The Balaban J connectivity index is 2.00. The van der Waals surface area contributed by atoms with Gasteiger partial charge in [0, 0.05) is 24.9 Å². The number of hydrogen-bond donors (Lipinski definition) is 2. The Labute approximate surface area is 144 Å². The maximum atomic E-state index is 12.2. The molecule has 2 N–H and O–H groups in total. The van der Waals surface area contributed by atoms with Gasteiger partial charge in [0.05, 0.1) is 6.04 Å². The van der Waals surface area contributed by atoms with Crippen molar-refractivity contribution in [3.63, 3.8) is 0 Å².